The lowest BCUT2D eigenvalue weighted by Gasteiger charge is -2.17. The van der Waals surface area contributed by atoms with Gasteiger partial charge in [0.2, 0.25) is 0 Å². The maximum Gasteiger partial charge on any atom is 0.251 e. The van der Waals surface area contributed by atoms with Crippen LogP contribution >= 0.6 is 0 Å². The fraction of sp³-hybridized carbons (Fsp3) is 0.368. The Hall–Kier alpha value is -2.76. The molecule has 0 bridgehead atoms. The summed E-state index contributed by atoms with van der Waals surface area (Å²) >= 11 is 0. The Kier molecular flexibility index (Phi) is 5.07. The molecule has 132 valence electrons. The Morgan fingerprint density at radius 3 is 2.68 bits per heavy atom. The first-order valence-electron chi connectivity index (χ1n) is 8.38. The van der Waals surface area contributed by atoms with Crippen LogP contribution in [0.5, 0.6) is 11.5 Å². The molecule has 2 aromatic rings. The van der Waals surface area contributed by atoms with E-state index in [0.717, 1.165) is 29.3 Å². The molecule has 0 spiro atoms. The standard InChI is InChI=1S/C19H23N3O3/c1-13(14-5-6-16-17(11-14)25-10-4-9-24-16)21-19(23)15-7-8-20-18(12-15)22(2)3/h5-8,11-13H,4,9-10H2,1-3H3,(H,21,23)/t13-/m1/s1. The highest BCUT2D eigenvalue weighted by Crippen LogP contribution is 2.32. The Bertz CT molecular complexity index is 761. The molecule has 0 fully saturated rings. The molecule has 1 aromatic carbocycles. The van der Waals surface area contributed by atoms with Gasteiger partial charge in [-0.05, 0) is 36.8 Å². The number of hydrogen-bond acceptors (Lipinski definition) is 5. The maximum atomic E-state index is 12.5. The van der Waals surface area contributed by atoms with Gasteiger partial charge >= 0.3 is 0 Å². The number of nitrogens with zero attached hydrogens (tertiary/aromatic N) is 2. The molecular formula is C19H23N3O3. The van der Waals surface area contributed by atoms with Crippen LogP contribution in [0.4, 0.5) is 5.82 Å². The second-order valence-corrected chi connectivity index (χ2v) is 6.25. The Balaban J connectivity index is 1.73. The van der Waals surface area contributed by atoms with Gasteiger partial charge in [0, 0.05) is 32.3 Å². The van der Waals surface area contributed by atoms with Gasteiger partial charge in [0.1, 0.15) is 5.82 Å². The minimum Gasteiger partial charge on any atom is -0.490 e. The van der Waals surface area contributed by atoms with Crippen LogP contribution in [0.3, 0.4) is 0 Å². The summed E-state index contributed by atoms with van der Waals surface area (Å²) in [6, 6.07) is 9.12. The van der Waals surface area contributed by atoms with Gasteiger partial charge in [-0.2, -0.15) is 0 Å². The molecule has 0 aliphatic carbocycles. The van der Waals surface area contributed by atoms with Gasteiger partial charge < -0.3 is 19.7 Å². The fourth-order valence-corrected chi connectivity index (χ4v) is 2.62. The first-order valence-corrected chi connectivity index (χ1v) is 8.38. The van der Waals surface area contributed by atoms with Crippen molar-refractivity contribution >= 4 is 11.7 Å². The van der Waals surface area contributed by atoms with E-state index in [4.69, 9.17) is 9.47 Å². The van der Waals surface area contributed by atoms with Crippen molar-refractivity contribution in [3.63, 3.8) is 0 Å². The van der Waals surface area contributed by atoms with Crippen LogP contribution in [0.25, 0.3) is 0 Å². The number of carbonyl (C=O) groups excluding carboxylic acids is 1. The van der Waals surface area contributed by atoms with Gasteiger partial charge in [-0.15, -0.1) is 0 Å². The highest BCUT2D eigenvalue weighted by atomic mass is 16.5. The predicted molar refractivity (Wildman–Crippen MR) is 96.5 cm³/mol. The lowest BCUT2D eigenvalue weighted by Crippen LogP contribution is -2.27. The molecule has 1 aliphatic rings. The van der Waals surface area contributed by atoms with E-state index in [9.17, 15) is 4.79 Å². The Morgan fingerprint density at radius 1 is 1.16 bits per heavy atom. The third-order valence-corrected chi connectivity index (χ3v) is 4.09. The van der Waals surface area contributed by atoms with E-state index < -0.39 is 0 Å². The van der Waals surface area contributed by atoms with E-state index in [1.165, 1.54) is 0 Å². The van der Waals surface area contributed by atoms with Gasteiger partial charge in [0.05, 0.1) is 19.3 Å². The van der Waals surface area contributed by atoms with Crippen LogP contribution in [-0.4, -0.2) is 38.2 Å². The van der Waals surface area contributed by atoms with Crippen LogP contribution in [0.15, 0.2) is 36.5 Å². The number of nitrogens with one attached hydrogen (secondary N) is 1. The second kappa shape index (κ2) is 7.42. The lowest BCUT2D eigenvalue weighted by atomic mass is 10.1. The zero-order chi connectivity index (χ0) is 17.8. The van der Waals surface area contributed by atoms with Crippen LogP contribution < -0.4 is 19.7 Å². The summed E-state index contributed by atoms with van der Waals surface area (Å²) in [6.45, 7) is 3.25. The molecule has 0 saturated heterocycles. The molecule has 6 heteroatoms. The van der Waals surface area contributed by atoms with E-state index in [1.54, 1.807) is 18.3 Å². The van der Waals surface area contributed by atoms with Gasteiger partial charge in [-0.25, -0.2) is 4.98 Å². The van der Waals surface area contributed by atoms with Crippen LogP contribution in [0, 0.1) is 0 Å². The number of ether oxygens (including phenoxy) is 2. The van der Waals surface area contributed by atoms with Crippen molar-refractivity contribution in [2.24, 2.45) is 0 Å². The number of amides is 1. The molecule has 0 unspecified atom stereocenters. The zero-order valence-corrected chi connectivity index (χ0v) is 14.8. The van der Waals surface area contributed by atoms with Gasteiger partial charge in [0.25, 0.3) is 5.91 Å². The molecule has 6 nitrogen and oxygen atoms in total. The largest absolute Gasteiger partial charge is 0.490 e. The third kappa shape index (κ3) is 4.02. The third-order valence-electron chi connectivity index (χ3n) is 4.09. The van der Waals surface area contributed by atoms with Crippen molar-refractivity contribution in [3.8, 4) is 11.5 Å². The number of hydrogen-bond donors (Lipinski definition) is 1. The summed E-state index contributed by atoms with van der Waals surface area (Å²) in [5.74, 6) is 2.10. The van der Waals surface area contributed by atoms with E-state index in [1.807, 2.05) is 44.1 Å². The molecule has 0 radical (unpaired) electrons. The molecule has 1 aliphatic heterocycles. The number of aromatic nitrogens is 1. The highest BCUT2D eigenvalue weighted by Gasteiger charge is 2.16. The smallest absolute Gasteiger partial charge is 0.251 e. The fourth-order valence-electron chi connectivity index (χ4n) is 2.62. The van der Waals surface area contributed by atoms with E-state index in [2.05, 4.69) is 10.3 Å². The molecule has 2 heterocycles. The number of pyridine rings is 1. The summed E-state index contributed by atoms with van der Waals surface area (Å²) in [6.07, 6.45) is 2.51. The van der Waals surface area contributed by atoms with Crippen LogP contribution in [0.1, 0.15) is 35.3 Å². The number of carbonyl (C=O) groups is 1. The summed E-state index contributed by atoms with van der Waals surface area (Å²) in [4.78, 5) is 18.6. The van der Waals surface area contributed by atoms with E-state index >= 15 is 0 Å². The van der Waals surface area contributed by atoms with Crippen molar-refractivity contribution in [3.05, 3.63) is 47.7 Å². The predicted octanol–water partition coefficient (Wildman–Crippen LogP) is 2.80. The molecule has 1 amide bonds. The number of fused-ring (bicyclic) bond motifs is 1. The topological polar surface area (TPSA) is 63.7 Å². The molecule has 1 atom stereocenters. The summed E-state index contributed by atoms with van der Waals surface area (Å²) < 4.78 is 11.4. The molecule has 25 heavy (non-hydrogen) atoms. The second-order valence-electron chi connectivity index (χ2n) is 6.25. The van der Waals surface area contributed by atoms with Gasteiger partial charge in [-0.1, -0.05) is 6.07 Å². The first kappa shape index (κ1) is 17.1. The highest BCUT2D eigenvalue weighted by molar-refractivity contribution is 5.95. The zero-order valence-electron chi connectivity index (χ0n) is 14.8. The monoisotopic (exact) mass is 341 g/mol. The average molecular weight is 341 g/mol. The Morgan fingerprint density at radius 2 is 1.92 bits per heavy atom. The number of anilines is 1. The average Bonchev–Trinajstić information content (AvgIpc) is 2.86. The van der Waals surface area contributed by atoms with Crippen molar-refractivity contribution in [2.45, 2.75) is 19.4 Å². The minimum absolute atomic E-state index is 0.134. The first-order chi connectivity index (χ1) is 12.0. The maximum absolute atomic E-state index is 12.5. The van der Waals surface area contributed by atoms with Crippen molar-refractivity contribution < 1.29 is 14.3 Å². The van der Waals surface area contributed by atoms with Crippen molar-refractivity contribution in [1.82, 2.24) is 10.3 Å². The minimum atomic E-state index is -0.152. The van der Waals surface area contributed by atoms with Gasteiger partial charge in [-0.3, -0.25) is 4.79 Å². The van der Waals surface area contributed by atoms with E-state index in [-0.39, 0.29) is 11.9 Å². The summed E-state index contributed by atoms with van der Waals surface area (Å²) in [5.41, 5.74) is 1.55. The molecule has 1 aromatic heterocycles. The molecular weight excluding hydrogens is 318 g/mol. The van der Waals surface area contributed by atoms with Crippen molar-refractivity contribution in [1.29, 1.82) is 0 Å². The molecule has 0 saturated carbocycles. The Labute approximate surface area is 147 Å². The number of benzene rings is 1. The summed E-state index contributed by atoms with van der Waals surface area (Å²) in [5, 5.41) is 3.02. The SMILES string of the molecule is C[C@@H](NC(=O)c1ccnc(N(C)C)c1)c1ccc2c(c1)OCCCO2. The van der Waals surface area contributed by atoms with Crippen molar-refractivity contribution in [2.75, 3.05) is 32.2 Å². The van der Waals surface area contributed by atoms with Crippen LogP contribution in [-0.2, 0) is 0 Å². The summed E-state index contributed by atoms with van der Waals surface area (Å²) in [7, 11) is 3.79. The number of rotatable bonds is 4. The lowest BCUT2D eigenvalue weighted by molar-refractivity contribution is 0.0939. The normalized spacial score (nSPS) is 14.4. The quantitative estimate of drug-likeness (QED) is 0.926. The van der Waals surface area contributed by atoms with E-state index in [0.29, 0.717) is 18.8 Å². The molecule has 1 N–H and O–H groups in total. The van der Waals surface area contributed by atoms with Crippen LogP contribution in [0.2, 0.25) is 0 Å². The molecule has 3 rings (SSSR count). The van der Waals surface area contributed by atoms with Gasteiger partial charge in [0.15, 0.2) is 11.5 Å².